The fourth-order valence-electron chi connectivity index (χ4n) is 4.27. The monoisotopic (exact) mass is 523 g/mol. The molecule has 0 saturated carbocycles. The molecule has 8 heteroatoms. The Morgan fingerprint density at radius 1 is 0.897 bits per heavy atom. The lowest BCUT2D eigenvalue weighted by atomic mass is 9.91. The second kappa shape index (κ2) is 11.8. The molecular formula is C31H33N5O3. The molecule has 0 aliphatic heterocycles. The van der Waals surface area contributed by atoms with Crippen molar-refractivity contribution in [2.45, 2.75) is 39.7 Å². The minimum absolute atomic E-state index is 0.0222. The van der Waals surface area contributed by atoms with Crippen molar-refractivity contribution in [2.24, 2.45) is 0 Å². The van der Waals surface area contributed by atoms with E-state index in [2.05, 4.69) is 40.9 Å². The minimum atomic E-state index is -0.799. The zero-order chi connectivity index (χ0) is 28.1. The lowest BCUT2D eigenvalue weighted by Gasteiger charge is -2.18. The van der Waals surface area contributed by atoms with Crippen LogP contribution in [0.4, 0.5) is 0 Å². The maximum atomic E-state index is 12.4. The zero-order valence-corrected chi connectivity index (χ0v) is 22.5. The summed E-state index contributed by atoms with van der Waals surface area (Å²) in [4.78, 5) is 25.9. The van der Waals surface area contributed by atoms with Crippen LogP contribution in [-0.4, -0.2) is 38.5 Å². The molecule has 2 amide bonds. The summed E-state index contributed by atoms with van der Waals surface area (Å²) in [7, 11) is 0. The first-order valence-corrected chi connectivity index (χ1v) is 12.7. The Morgan fingerprint density at radius 2 is 1.59 bits per heavy atom. The number of nitrogens with zero attached hydrogens (tertiary/aromatic N) is 3. The molecule has 0 bridgehead atoms. The van der Waals surface area contributed by atoms with Crippen LogP contribution in [0.25, 0.3) is 16.7 Å². The molecule has 200 valence electrons. The summed E-state index contributed by atoms with van der Waals surface area (Å²) in [6.07, 6.45) is 0.738. The minimum Gasteiger partial charge on any atom is -0.505 e. The highest BCUT2D eigenvalue weighted by molar-refractivity contribution is 6.35. The Bertz CT molecular complexity index is 1560. The SMILES string of the molecule is C=C(C)CNC(=O)C(=O)NCc1cc(C(C)c2ccccc2)cc(-n2nc3ccc(CC(=C)C)cc3n2)c1O. The van der Waals surface area contributed by atoms with Crippen molar-refractivity contribution in [3.8, 4) is 11.4 Å². The Balaban J connectivity index is 1.71. The fraction of sp³-hybridized carbons (Fsp3) is 0.226. The lowest BCUT2D eigenvalue weighted by molar-refractivity contribution is -0.139. The molecule has 39 heavy (non-hydrogen) atoms. The number of aromatic nitrogens is 3. The van der Waals surface area contributed by atoms with Crippen LogP contribution in [-0.2, 0) is 22.6 Å². The molecule has 1 unspecified atom stereocenters. The van der Waals surface area contributed by atoms with E-state index >= 15 is 0 Å². The van der Waals surface area contributed by atoms with Crippen molar-refractivity contribution in [1.29, 1.82) is 0 Å². The Morgan fingerprint density at radius 3 is 2.28 bits per heavy atom. The summed E-state index contributed by atoms with van der Waals surface area (Å²) in [6, 6.07) is 19.5. The second-order valence-corrected chi connectivity index (χ2v) is 9.95. The summed E-state index contributed by atoms with van der Waals surface area (Å²) < 4.78 is 0. The maximum Gasteiger partial charge on any atom is 0.309 e. The number of carbonyl (C=O) groups is 2. The number of aromatic hydroxyl groups is 1. The van der Waals surface area contributed by atoms with Crippen LogP contribution in [0.2, 0.25) is 0 Å². The molecule has 0 aliphatic carbocycles. The second-order valence-electron chi connectivity index (χ2n) is 9.95. The van der Waals surface area contributed by atoms with Gasteiger partial charge >= 0.3 is 11.8 Å². The van der Waals surface area contributed by atoms with E-state index in [1.54, 1.807) is 6.92 Å². The first-order chi connectivity index (χ1) is 18.6. The summed E-state index contributed by atoms with van der Waals surface area (Å²) in [5, 5.41) is 25.6. The number of hydrogen-bond donors (Lipinski definition) is 3. The smallest absolute Gasteiger partial charge is 0.309 e. The van der Waals surface area contributed by atoms with E-state index in [4.69, 9.17) is 0 Å². The summed E-state index contributed by atoms with van der Waals surface area (Å²) in [5.41, 5.74) is 7.03. The Kier molecular flexibility index (Phi) is 8.24. The summed E-state index contributed by atoms with van der Waals surface area (Å²) in [5.74, 6) is -1.67. The molecule has 0 radical (unpaired) electrons. The van der Waals surface area contributed by atoms with E-state index < -0.39 is 11.8 Å². The van der Waals surface area contributed by atoms with Gasteiger partial charge in [0.25, 0.3) is 0 Å². The molecule has 1 atom stereocenters. The van der Waals surface area contributed by atoms with Gasteiger partial charge in [0.1, 0.15) is 22.5 Å². The Hall–Kier alpha value is -4.72. The summed E-state index contributed by atoms with van der Waals surface area (Å²) >= 11 is 0. The van der Waals surface area contributed by atoms with E-state index in [1.165, 1.54) is 4.80 Å². The standard InChI is InChI=1S/C31H33N5O3/c1-19(2)13-22-11-12-26-27(14-22)35-36(34-26)28-16-24(21(5)23-9-7-6-8-10-23)15-25(29(28)37)18-33-31(39)30(38)32-17-20(3)4/h6-12,14-16,21,37H,1,3,13,17-18H2,2,4-5H3,(H,32,38)(H,33,39). The number of carbonyl (C=O) groups excluding carboxylic acids is 2. The van der Waals surface area contributed by atoms with Gasteiger partial charge in [0.2, 0.25) is 0 Å². The largest absolute Gasteiger partial charge is 0.505 e. The molecule has 3 aromatic carbocycles. The third kappa shape index (κ3) is 6.59. The molecular weight excluding hydrogens is 490 g/mol. The topological polar surface area (TPSA) is 109 Å². The number of phenols is 1. The number of phenolic OH excluding ortho intramolecular Hbond substituents is 1. The number of hydrogen-bond acceptors (Lipinski definition) is 5. The number of benzene rings is 3. The van der Waals surface area contributed by atoms with Gasteiger partial charge in [-0.3, -0.25) is 9.59 Å². The van der Waals surface area contributed by atoms with Gasteiger partial charge in [-0.1, -0.05) is 67.6 Å². The van der Waals surface area contributed by atoms with Crippen LogP contribution >= 0.6 is 0 Å². The Labute approximate surface area is 228 Å². The average molecular weight is 524 g/mol. The fourth-order valence-corrected chi connectivity index (χ4v) is 4.27. The van der Waals surface area contributed by atoms with Crippen LogP contribution in [0.1, 0.15) is 48.9 Å². The average Bonchev–Trinajstić information content (AvgIpc) is 3.33. The van der Waals surface area contributed by atoms with E-state index in [9.17, 15) is 14.7 Å². The van der Waals surface area contributed by atoms with Crippen LogP contribution in [0, 0.1) is 0 Å². The van der Waals surface area contributed by atoms with Gasteiger partial charge in [0.15, 0.2) is 0 Å². The van der Waals surface area contributed by atoms with E-state index in [0.717, 1.165) is 34.3 Å². The number of rotatable bonds is 9. The molecule has 1 aromatic heterocycles. The number of fused-ring (bicyclic) bond motifs is 1. The highest BCUT2D eigenvalue weighted by atomic mass is 16.3. The third-order valence-corrected chi connectivity index (χ3v) is 6.35. The van der Waals surface area contributed by atoms with E-state index in [-0.39, 0.29) is 24.8 Å². The predicted octanol–water partition coefficient (Wildman–Crippen LogP) is 4.71. The highest BCUT2D eigenvalue weighted by Gasteiger charge is 2.20. The van der Waals surface area contributed by atoms with Crippen molar-refractivity contribution in [3.05, 3.63) is 107 Å². The van der Waals surface area contributed by atoms with Crippen LogP contribution < -0.4 is 10.6 Å². The van der Waals surface area contributed by atoms with Crippen LogP contribution in [0.15, 0.2) is 85.0 Å². The first-order valence-electron chi connectivity index (χ1n) is 12.7. The molecule has 1 heterocycles. The van der Waals surface area contributed by atoms with Gasteiger partial charge in [0, 0.05) is 24.6 Å². The van der Waals surface area contributed by atoms with Gasteiger partial charge in [-0.25, -0.2) is 0 Å². The van der Waals surface area contributed by atoms with E-state index in [0.29, 0.717) is 22.3 Å². The van der Waals surface area contributed by atoms with Crippen molar-refractivity contribution >= 4 is 22.8 Å². The molecule has 0 fully saturated rings. The van der Waals surface area contributed by atoms with Gasteiger partial charge in [-0.2, -0.15) is 0 Å². The quantitative estimate of drug-likeness (QED) is 0.218. The summed E-state index contributed by atoms with van der Waals surface area (Å²) in [6.45, 7) is 13.6. The molecule has 0 spiro atoms. The van der Waals surface area contributed by atoms with Crippen molar-refractivity contribution in [2.75, 3.05) is 6.54 Å². The van der Waals surface area contributed by atoms with Gasteiger partial charge in [-0.15, -0.1) is 15.0 Å². The number of amides is 2. The van der Waals surface area contributed by atoms with Gasteiger partial charge < -0.3 is 15.7 Å². The molecule has 0 aliphatic rings. The predicted molar refractivity (Wildman–Crippen MR) is 153 cm³/mol. The van der Waals surface area contributed by atoms with Gasteiger partial charge in [0.05, 0.1) is 0 Å². The van der Waals surface area contributed by atoms with Crippen molar-refractivity contribution in [3.63, 3.8) is 0 Å². The molecule has 0 saturated heterocycles. The molecule has 8 nitrogen and oxygen atoms in total. The molecule has 4 aromatic rings. The normalized spacial score (nSPS) is 11.7. The van der Waals surface area contributed by atoms with Crippen LogP contribution in [0.5, 0.6) is 5.75 Å². The van der Waals surface area contributed by atoms with Crippen LogP contribution in [0.3, 0.4) is 0 Å². The number of nitrogens with one attached hydrogen (secondary N) is 2. The number of allylic oxidation sites excluding steroid dienone is 1. The first kappa shape index (κ1) is 27.3. The highest BCUT2D eigenvalue weighted by Crippen LogP contribution is 2.33. The van der Waals surface area contributed by atoms with Crippen molar-refractivity contribution in [1.82, 2.24) is 25.6 Å². The molecule has 3 N–H and O–H groups in total. The maximum absolute atomic E-state index is 12.4. The van der Waals surface area contributed by atoms with E-state index in [1.807, 2.05) is 67.6 Å². The van der Waals surface area contributed by atoms with Crippen molar-refractivity contribution < 1.29 is 14.7 Å². The zero-order valence-electron chi connectivity index (χ0n) is 22.5. The lowest BCUT2D eigenvalue weighted by Crippen LogP contribution is -2.40. The third-order valence-electron chi connectivity index (χ3n) is 6.35. The van der Waals surface area contributed by atoms with Gasteiger partial charge in [-0.05, 0) is 61.2 Å². The molecule has 4 rings (SSSR count).